The Hall–Kier alpha value is -1.30. The lowest BCUT2D eigenvalue weighted by molar-refractivity contribution is 0.825. The van der Waals surface area contributed by atoms with E-state index >= 15 is 0 Å². The zero-order valence-electron chi connectivity index (χ0n) is 11.2. The Morgan fingerprint density at radius 2 is 1.82 bits per heavy atom. The molecular weight excluding hydrogens is 204 g/mol. The fourth-order valence-electron chi connectivity index (χ4n) is 1.75. The maximum Gasteiger partial charge on any atom is -0.0230 e. The molecule has 0 amide bonds. The van der Waals surface area contributed by atoms with Crippen LogP contribution in [0.1, 0.15) is 57.1 Å². The van der Waals surface area contributed by atoms with Crippen molar-refractivity contribution < 1.29 is 0 Å². The lowest BCUT2D eigenvalue weighted by Crippen LogP contribution is -1.83. The second-order valence-corrected chi connectivity index (χ2v) is 4.52. The highest BCUT2D eigenvalue weighted by Crippen LogP contribution is 2.19. The van der Waals surface area contributed by atoms with E-state index in [4.69, 9.17) is 0 Å². The van der Waals surface area contributed by atoms with Gasteiger partial charge in [0.2, 0.25) is 0 Å². The van der Waals surface area contributed by atoms with Crippen LogP contribution in [0.2, 0.25) is 0 Å². The highest BCUT2D eigenvalue weighted by Gasteiger charge is 1.97. The summed E-state index contributed by atoms with van der Waals surface area (Å²) >= 11 is 0. The number of hydrogen-bond donors (Lipinski definition) is 0. The Bertz CT molecular complexity index is 354. The highest BCUT2D eigenvalue weighted by molar-refractivity contribution is 5.65. The molecule has 0 unspecified atom stereocenters. The molecule has 17 heavy (non-hydrogen) atoms. The molecule has 0 aromatic heterocycles. The number of unbranched alkanes of at least 4 members (excludes halogenated alkanes) is 2. The summed E-state index contributed by atoms with van der Waals surface area (Å²) in [6, 6.07) is 8.73. The van der Waals surface area contributed by atoms with Gasteiger partial charge in [-0.05, 0) is 36.0 Å². The first-order valence-electron chi connectivity index (χ1n) is 6.72. The average molecular weight is 228 g/mol. The van der Waals surface area contributed by atoms with Gasteiger partial charge in [-0.25, -0.2) is 0 Å². The molecule has 0 nitrogen and oxygen atoms in total. The SMILES string of the molecule is C=C(CCCC)c1ccc(/C=C/CCC)cc1. The fourth-order valence-corrected chi connectivity index (χ4v) is 1.75. The fraction of sp³-hybridized carbons (Fsp3) is 0.412. The van der Waals surface area contributed by atoms with Crippen LogP contribution in [-0.2, 0) is 0 Å². The van der Waals surface area contributed by atoms with Gasteiger partial charge >= 0.3 is 0 Å². The normalized spacial score (nSPS) is 10.9. The van der Waals surface area contributed by atoms with Gasteiger partial charge < -0.3 is 0 Å². The van der Waals surface area contributed by atoms with Crippen LogP contribution in [0.25, 0.3) is 11.6 Å². The van der Waals surface area contributed by atoms with Crippen LogP contribution in [-0.4, -0.2) is 0 Å². The Labute approximate surface area is 106 Å². The summed E-state index contributed by atoms with van der Waals surface area (Å²) in [5, 5.41) is 0. The van der Waals surface area contributed by atoms with E-state index in [0.29, 0.717) is 0 Å². The number of hydrogen-bond acceptors (Lipinski definition) is 0. The smallest absolute Gasteiger partial charge is 0.0230 e. The van der Waals surface area contributed by atoms with E-state index in [2.05, 4.69) is 56.8 Å². The van der Waals surface area contributed by atoms with E-state index < -0.39 is 0 Å². The van der Waals surface area contributed by atoms with Crippen molar-refractivity contribution >= 4 is 11.6 Å². The Morgan fingerprint density at radius 1 is 1.12 bits per heavy atom. The van der Waals surface area contributed by atoms with Crippen LogP contribution in [0.3, 0.4) is 0 Å². The largest absolute Gasteiger partial charge is 0.0952 e. The molecule has 0 heteroatoms. The molecule has 0 heterocycles. The van der Waals surface area contributed by atoms with Crippen LogP contribution in [0, 0.1) is 0 Å². The summed E-state index contributed by atoms with van der Waals surface area (Å²) in [5.41, 5.74) is 3.83. The van der Waals surface area contributed by atoms with Crippen molar-refractivity contribution in [1.82, 2.24) is 0 Å². The van der Waals surface area contributed by atoms with Crippen LogP contribution >= 0.6 is 0 Å². The van der Waals surface area contributed by atoms with Crippen LogP contribution in [0.4, 0.5) is 0 Å². The zero-order chi connectivity index (χ0) is 12.5. The van der Waals surface area contributed by atoms with Crippen LogP contribution in [0.5, 0.6) is 0 Å². The third-order valence-corrected chi connectivity index (χ3v) is 2.92. The summed E-state index contributed by atoms with van der Waals surface area (Å²) in [5.74, 6) is 0. The van der Waals surface area contributed by atoms with E-state index in [1.165, 1.54) is 36.0 Å². The van der Waals surface area contributed by atoms with Crippen LogP contribution in [0.15, 0.2) is 36.9 Å². The topological polar surface area (TPSA) is 0 Å². The van der Waals surface area contributed by atoms with Gasteiger partial charge in [0, 0.05) is 0 Å². The molecule has 0 N–H and O–H groups in total. The molecule has 0 aliphatic rings. The summed E-state index contributed by atoms with van der Waals surface area (Å²) in [7, 11) is 0. The maximum atomic E-state index is 4.15. The minimum Gasteiger partial charge on any atom is -0.0952 e. The van der Waals surface area contributed by atoms with Crippen molar-refractivity contribution in [2.75, 3.05) is 0 Å². The third-order valence-electron chi connectivity index (χ3n) is 2.92. The summed E-state index contributed by atoms with van der Waals surface area (Å²) < 4.78 is 0. The highest BCUT2D eigenvalue weighted by atomic mass is 14.0. The molecule has 0 bridgehead atoms. The Kier molecular flexibility index (Phi) is 6.39. The molecule has 0 aliphatic carbocycles. The molecule has 0 radical (unpaired) electrons. The third kappa shape index (κ3) is 5.04. The van der Waals surface area contributed by atoms with Crippen LogP contribution < -0.4 is 0 Å². The molecule has 0 spiro atoms. The molecule has 1 aromatic rings. The predicted molar refractivity (Wildman–Crippen MR) is 78.9 cm³/mol. The van der Waals surface area contributed by atoms with E-state index in [1.54, 1.807) is 0 Å². The molecule has 1 rings (SSSR count). The van der Waals surface area contributed by atoms with E-state index in [1.807, 2.05) is 0 Å². The molecular formula is C17H24. The minimum absolute atomic E-state index is 1.11. The van der Waals surface area contributed by atoms with E-state index in [-0.39, 0.29) is 0 Å². The van der Waals surface area contributed by atoms with Gasteiger partial charge in [-0.3, -0.25) is 0 Å². The number of allylic oxidation sites excluding steroid dienone is 2. The first-order chi connectivity index (χ1) is 8.27. The van der Waals surface area contributed by atoms with Crippen molar-refractivity contribution in [3.05, 3.63) is 48.0 Å². The zero-order valence-corrected chi connectivity index (χ0v) is 11.2. The molecule has 0 saturated heterocycles. The molecule has 0 aliphatic heterocycles. The lowest BCUT2D eigenvalue weighted by Gasteiger charge is -2.05. The summed E-state index contributed by atoms with van der Waals surface area (Å²) in [4.78, 5) is 0. The van der Waals surface area contributed by atoms with Gasteiger partial charge in [-0.15, -0.1) is 0 Å². The van der Waals surface area contributed by atoms with Gasteiger partial charge in [0.1, 0.15) is 0 Å². The van der Waals surface area contributed by atoms with Crippen molar-refractivity contribution in [2.24, 2.45) is 0 Å². The molecule has 0 atom stereocenters. The number of rotatable bonds is 7. The average Bonchev–Trinajstić information content (AvgIpc) is 2.37. The molecule has 1 aromatic carbocycles. The number of benzene rings is 1. The quantitative estimate of drug-likeness (QED) is 0.561. The molecule has 0 saturated carbocycles. The Morgan fingerprint density at radius 3 is 2.41 bits per heavy atom. The monoisotopic (exact) mass is 228 g/mol. The second kappa shape index (κ2) is 7.89. The molecule has 0 fully saturated rings. The van der Waals surface area contributed by atoms with Crippen molar-refractivity contribution in [1.29, 1.82) is 0 Å². The standard InChI is InChI=1S/C17H24/c1-4-6-8-10-16-11-13-17(14-12-16)15(3)9-7-5-2/h8,10-14H,3-7,9H2,1-2H3/b10-8+. The summed E-state index contributed by atoms with van der Waals surface area (Å²) in [6.07, 6.45) is 10.4. The van der Waals surface area contributed by atoms with Gasteiger partial charge in [0.05, 0.1) is 0 Å². The van der Waals surface area contributed by atoms with Crippen molar-refractivity contribution in [3.63, 3.8) is 0 Å². The van der Waals surface area contributed by atoms with Gasteiger partial charge in [0.15, 0.2) is 0 Å². The maximum absolute atomic E-state index is 4.15. The first kappa shape index (κ1) is 13.8. The van der Waals surface area contributed by atoms with Gasteiger partial charge in [-0.1, -0.05) is 69.7 Å². The molecule has 92 valence electrons. The Balaban J connectivity index is 2.58. The van der Waals surface area contributed by atoms with Crippen molar-refractivity contribution in [2.45, 2.75) is 46.0 Å². The summed E-state index contributed by atoms with van der Waals surface area (Å²) in [6.45, 7) is 8.57. The lowest BCUT2D eigenvalue weighted by atomic mass is 10.0. The second-order valence-electron chi connectivity index (χ2n) is 4.52. The van der Waals surface area contributed by atoms with Gasteiger partial charge in [-0.2, -0.15) is 0 Å². The minimum atomic E-state index is 1.11. The van der Waals surface area contributed by atoms with Crippen molar-refractivity contribution in [3.8, 4) is 0 Å². The first-order valence-corrected chi connectivity index (χ1v) is 6.72. The van der Waals surface area contributed by atoms with Gasteiger partial charge in [0.25, 0.3) is 0 Å². The van der Waals surface area contributed by atoms with E-state index in [9.17, 15) is 0 Å². The van der Waals surface area contributed by atoms with E-state index in [0.717, 1.165) is 12.8 Å². The predicted octanol–water partition coefficient (Wildman–Crippen LogP) is 5.70.